The van der Waals surface area contributed by atoms with Gasteiger partial charge < -0.3 is 51.9 Å². The van der Waals surface area contributed by atoms with Crippen molar-refractivity contribution >= 4 is 21.9 Å². The van der Waals surface area contributed by atoms with Crippen molar-refractivity contribution in [1.29, 1.82) is 0 Å². The average Bonchev–Trinajstić information content (AvgIpc) is 0.887. The molecule has 7 heterocycles. The van der Waals surface area contributed by atoms with Crippen molar-refractivity contribution < 1.29 is 37.8 Å². The van der Waals surface area contributed by atoms with Crippen LogP contribution in [0.3, 0.4) is 0 Å². The van der Waals surface area contributed by atoms with Crippen molar-refractivity contribution in [3.8, 4) is 23.3 Å². The molecule has 1 aromatic heterocycles. The molecule has 2 saturated carbocycles. The first-order valence-corrected chi connectivity index (χ1v) is 33.9. The highest BCUT2D eigenvalue weighted by atomic mass is 32.2. The van der Waals surface area contributed by atoms with E-state index in [-0.39, 0.29) is 72.4 Å². The molecule has 11 N–H and O–H groups in total. The number of allylic oxidation sites excluding steroid dienone is 1. The Morgan fingerprint density at radius 2 is 1.67 bits per heavy atom. The number of nitrogens with one attached hydrogen (secondary N) is 3. The van der Waals surface area contributed by atoms with Gasteiger partial charge in [-0.15, -0.1) is 0 Å². The summed E-state index contributed by atoms with van der Waals surface area (Å²) in [5.74, 6) is 5.77. The Kier molecular flexibility index (Phi) is 15.9. The number of aromatic amines is 1. The van der Waals surface area contributed by atoms with Crippen molar-refractivity contribution in [3.05, 3.63) is 195 Å². The van der Waals surface area contributed by atoms with Gasteiger partial charge in [-0.2, -0.15) is 8.42 Å². The number of H-pyrrole nitrogens is 1. The van der Waals surface area contributed by atoms with Crippen molar-refractivity contribution in [2.24, 2.45) is 57.9 Å². The standard InChI is InChI=1S/C73H84N6O8S/c1-43-12-13-50-35-57-24-26-59(50)61(43)39-67(88(83,84)85)63-38-53-33-52(36-58-31-45(42-80)9-5-10-49-34-56(81)23-25-60(49)70(53)86-58)69(63)47-16-20-55(21-17-47)73(87-57,79-71(74)75)64-27-22-54-19-18-51(40-72(54,82)65(64)32-44-7-3-2-4-8-44)48-15-14-46-28-30-76-66(62(46)37-48)41-78-68-11-6-29-77-68/h2-4,6-8,11,14-17,20-21,23-26,29,34-35,37-38,43,45,51-52,54,58,61,63-67,69-70,76-78,80-82H,9,12-13,18-19,22,27-28,30-33,36,39-42H2,1H3,(H4,74,75,79)(H,83,84,85). The van der Waals surface area contributed by atoms with Gasteiger partial charge in [-0.25, -0.2) is 4.99 Å². The summed E-state index contributed by atoms with van der Waals surface area (Å²) in [7, 11) is -4.71. The van der Waals surface area contributed by atoms with E-state index >= 15 is 0 Å². The minimum Gasteiger partial charge on any atom is -0.508 e. The van der Waals surface area contributed by atoms with E-state index in [2.05, 4.69) is 125 Å². The Hall–Kier alpha value is -6.90. The molecule has 4 aliphatic carbocycles. The Labute approximate surface area is 517 Å². The van der Waals surface area contributed by atoms with Crippen LogP contribution in [0, 0.1) is 53.3 Å². The summed E-state index contributed by atoms with van der Waals surface area (Å²) in [6.07, 6.45) is 12.3. The molecule has 5 aromatic carbocycles. The Bertz CT molecular complexity index is 3780. The van der Waals surface area contributed by atoms with Gasteiger partial charge in [-0.3, -0.25) is 4.55 Å². The number of aliphatic hydroxyl groups is 2. The number of guanidine groups is 1. The first-order valence-electron chi connectivity index (χ1n) is 32.4. The van der Waals surface area contributed by atoms with E-state index in [0.29, 0.717) is 61.8 Å². The van der Waals surface area contributed by atoms with Crippen molar-refractivity contribution in [2.45, 2.75) is 149 Å². The number of nitrogens with two attached hydrogens (primary N) is 2. The predicted molar refractivity (Wildman–Crippen MR) is 342 cm³/mol. The maximum Gasteiger partial charge on any atom is 0.268 e. The number of ether oxygens (including phenoxy) is 2. The Morgan fingerprint density at radius 3 is 2.47 bits per heavy atom. The normalized spacial score (nSPS) is 33.1. The van der Waals surface area contributed by atoms with Crippen LogP contribution in [0.5, 0.6) is 11.5 Å². The van der Waals surface area contributed by atoms with Gasteiger partial charge >= 0.3 is 0 Å². The lowest BCUT2D eigenvalue weighted by Gasteiger charge is -2.57. The number of hydrogen-bond acceptors (Lipinski definition) is 10. The second kappa shape index (κ2) is 23.8. The van der Waals surface area contributed by atoms with E-state index in [4.69, 9.17) is 25.9 Å². The molecule has 0 amide bonds. The van der Waals surface area contributed by atoms with Crippen LogP contribution < -0.4 is 26.8 Å². The molecular weight excluding hydrogens is 1120 g/mol. The molecule has 16 rings (SSSR count). The van der Waals surface area contributed by atoms with Crippen LogP contribution in [0.1, 0.15) is 163 Å². The molecule has 10 aliphatic rings. The first kappa shape index (κ1) is 58.8. The van der Waals surface area contributed by atoms with E-state index in [1.165, 1.54) is 16.7 Å². The molecule has 16 atom stereocenters. The highest BCUT2D eigenvalue weighted by Crippen LogP contribution is 2.60. The van der Waals surface area contributed by atoms with Gasteiger partial charge in [0.15, 0.2) is 5.96 Å². The van der Waals surface area contributed by atoms with Crippen molar-refractivity contribution in [3.63, 3.8) is 0 Å². The predicted octanol–water partition coefficient (Wildman–Crippen LogP) is 11.4. The first-order chi connectivity index (χ1) is 42.6. The SMILES string of the molecule is CC1CCc2cc3ccc2C1CC(S(=O)(=O)O)C1C=C2CC(CC4CC(CO)CC#Cc5cc(O)ccc5C2O4)C1c1ccc(cc1)C(N=C(N)N)(C1CCC2CCC(c4ccc5c(c4)C(CNc4ccc[nH]4)NCC5)CC2(O)C1Cc1ccccc1)O3. The lowest BCUT2D eigenvalue weighted by molar-refractivity contribution is -0.177. The van der Waals surface area contributed by atoms with Crippen LogP contribution in [0.15, 0.2) is 144 Å². The van der Waals surface area contributed by atoms with Crippen LogP contribution in [0.25, 0.3) is 0 Å². The average molecular weight is 1210 g/mol. The summed E-state index contributed by atoms with van der Waals surface area (Å²) in [5, 5.41) is 42.0. The lowest BCUT2D eigenvalue weighted by atomic mass is 9.52. The summed E-state index contributed by atoms with van der Waals surface area (Å²) in [6.45, 7) is 3.76. The maximum absolute atomic E-state index is 14.6. The number of anilines is 1. The third kappa shape index (κ3) is 11.1. The number of aryl methyl sites for hydroxylation is 1. The number of aliphatic hydroxyl groups excluding tert-OH is 1. The molecule has 14 nitrogen and oxygen atoms in total. The number of fused-ring (bicyclic) bond motifs is 11. The number of benzene rings is 5. The summed E-state index contributed by atoms with van der Waals surface area (Å²) in [6, 6.07) is 41.4. The molecule has 15 heteroatoms. The number of nitrogens with zero attached hydrogens (tertiary/aromatic N) is 1. The van der Waals surface area contributed by atoms with Gasteiger partial charge in [0.2, 0.25) is 5.72 Å². The third-order valence-electron chi connectivity index (χ3n) is 22.3. The van der Waals surface area contributed by atoms with Crippen LogP contribution in [-0.2, 0) is 39.8 Å². The summed E-state index contributed by atoms with van der Waals surface area (Å²) in [5.41, 5.74) is 21.9. The number of aromatic hydroxyl groups is 1. The van der Waals surface area contributed by atoms with Crippen LogP contribution in [0.4, 0.5) is 5.82 Å². The number of rotatable bonds is 10. The minimum absolute atomic E-state index is 0.0115. The second-order valence-corrected chi connectivity index (χ2v) is 28.9. The zero-order valence-electron chi connectivity index (χ0n) is 50.2. The highest BCUT2D eigenvalue weighted by molar-refractivity contribution is 7.86. The smallest absolute Gasteiger partial charge is 0.268 e. The highest BCUT2D eigenvalue weighted by Gasteiger charge is 2.60. The van der Waals surface area contributed by atoms with Crippen LogP contribution in [-0.4, -0.2) is 75.9 Å². The van der Waals surface area contributed by atoms with Gasteiger partial charge in [0.25, 0.3) is 10.1 Å². The van der Waals surface area contributed by atoms with Gasteiger partial charge in [-0.05, 0) is 212 Å². The molecule has 6 aromatic rings. The molecule has 460 valence electrons. The molecule has 1 saturated heterocycles. The number of phenolic OH excluding ortho intramolecular Hbond substituents is 1. The molecule has 0 spiro atoms. The summed E-state index contributed by atoms with van der Waals surface area (Å²) in [4.78, 5) is 8.68. The topological polar surface area (TPSA) is 238 Å². The summed E-state index contributed by atoms with van der Waals surface area (Å²) >= 11 is 0. The van der Waals surface area contributed by atoms with E-state index in [0.717, 1.165) is 90.8 Å². The van der Waals surface area contributed by atoms with E-state index < -0.39 is 56.5 Å². The maximum atomic E-state index is 14.6. The van der Waals surface area contributed by atoms with E-state index in [1.54, 1.807) is 12.1 Å². The number of aliphatic imine (C=N–C) groups is 1. The van der Waals surface area contributed by atoms with Gasteiger partial charge in [0.05, 0.1) is 17.0 Å². The molecule has 6 aliphatic heterocycles. The lowest BCUT2D eigenvalue weighted by Crippen LogP contribution is -2.60. The fourth-order valence-corrected chi connectivity index (χ4v) is 19.2. The third-order valence-corrected chi connectivity index (χ3v) is 23.6. The molecule has 16 unspecified atom stereocenters. The molecule has 3 fully saturated rings. The van der Waals surface area contributed by atoms with Crippen LogP contribution in [0.2, 0.25) is 0 Å². The second-order valence-electron chi connectivity index (χ2n) is 27.3. The van der Waals surface area contributed by atoms with Crippen molar-refractivity contribution in [1.82, 2.24) is 10.3 Å². The quantitative estimate of drug-likeness (QED) is 0.0205. The fraction of sp³-hybridized carbons (Fsp3) is 0.466. The van der Waals surface area contributed by atoms with Gasteiger partial charge in [0, 0.05) is 66.3 Å². The van der Waals surface area contributed by atoms with Crippen LogP contribution >= 0.6 is 0 Å². The molecular formula is C73H84N6O8S. The summed E-state index contributed by atoms with van der Waals surface area (Å²) < 4.78 is 56.0. The van der Waals surface area contributed by atoms with Gasteiger partial charge in [0.1, 0.15) is 23.4 Å². The molecule has 10 bridgehead atoms. The van der Waals surface area contributed by atoms with Gasteiger partial charge in [-0.1, -0.05) is 110 Å². The zero-order chi connectivity index (χ0) is 60.5. The number of hydrogen-bond donors (Lipinski definition) is 9. The van der Waals surface area contributed by atoms with E-state index in [9.17, 15) is 28.3 Å². The number of phenols is 1. The zero-order valence-corrected chi connectivity index (χ0v) is 51.1. The fourth-order valence-electron chi connectivity index (χ4n) is 18.1. The van der Waals surface area contributed by atoms with Crippen molar-refractivity contribution in [2.75, 3.05) is 25.0 Å². The Morgan fingerprint density at radius 1 is 0.852 bits per heavy atom. The molecule has 0 radical (unpaired) electrons. The largest absolute Gasteiger partial charge is 0.508 e. The van der Waals surface area contributed by atoms with E-state index in [1.807, 2.05) is 30.5 Å². The molecule has 88 heavy (non-hydrogen) atoms. The monoisotopic (exact) mass is 1200 g/mol. The number of aromatic nitrogens is 1. The Balaban J connectivity index is 0.913. The minimum atomic E-state index is -4.71.